The SMILES string of the molecule is CCCN(Cc1cc(-c2ccccc2)on1)C(=O)Nc1ccccc1. The average molecular weight is 335 g/mol. The van der Waals surface area contributed by atoms with Crippen molar-refractivity contribution >= 4 is 11.7 Å². The first-order valence-corrected chi connectivity index (χ1v) is 8.38. The Morgan fingerprint density at radius 1 is 1.08 bits per heavy atom. The molecular weight excluding hydrogens is 314 g/mol. The van der Waals surface area contributed by atoms with Crippen LogP contribution in [0.4, 0.5) is 10.5 Å². The molecule has 0 unspecified atom stereocenters. The van der Waals surface area contributed by atoms with Crippen LogP contribution in [0, 0.1) is 0 Å². The number of carbonyl (C=O) groups is 1. The summed E-state index contributed by atoms with van der Waals surface area (Å²) < 4.78 is 5.42. The summed E-state index contributed by atoms with van der Waals surface area (Å²) in [5.41, 5.74) is 2.48. The highest BCUT2D eigenvalue weighted by Gasteiger charge is 2.16. The van der Waals surface area contributed by atoms with E-state index in [1.165, 1.54) is 0 Å². The molecular formula is C20H21N3O2. The molecule has 0 atom stereocenters. The fraction of sp³-hybridized carbons (Fsp3) is 0.200. The van der Waals surface area contributed by atoms with Crippen LogP contribution < -0.4 is 5.32 Å². The van der Waals surface area contributed by atoms with E-state index in [-0.39, 0.29) is 6.03 Å². The lowest BCUT2D eigenvalue weighted by Crippen LogP contribution is -2.35. The maximum absolute atomic E-state index is 12.5. The lowest BCUT2D eigenvalue weighted by Gasteiger charge is -2.21. The molecule has 0 bridgehead atoms. The number of amides is 2. The van der Waals surface area contributed by atoms with Crippen molar-refractivity contribution in [3.05, 3.63) is 72.4 Å². The van der Waals surface area contributed by atoms with E-state index in [9.17, 15) is 4.79 Å². The van der Waals surface area contributed by atoms with E-state index in [1.807, 2.05) is 73.7 Å². The number of anilines is 1. The molecule has 0 saturated carbocycles. The van der Waals surface area contributed by atoms with E-state index in [0.717, 1.165) is 23.4 Å². The summed E-state index contributed by atoms with van der Waals surface area (Å²) in [6.07, 6.45) is 0.867. The molecule has 5 nitrogen and oxygen atoms in total. The minimum Gasteiger partial charge on any atom is -0.356 e. The standard InChI is InChI=1S/C20H21N3O2/c1-2-13-23(20(24)21-17-11-7-4-8-12-17)15-18-14-19(25-22-18)16-9-5-3-6-10-16/h3-12,14H,2,13,15H2,1H3,(H,21,24). The second-order valence-corrected chi connectivity index (χ2v) is 5.77. The fourth-order valence-electron chi connectivity index (χ4n) is 2.57. The van der Waals surface area contributed by atoms with Gasteiger partial charge in [-0.2, -0.15) is 0 Å². The molecule has 1 aromatic heterocycles. The molecule has 3 aromatic rings. The number of nitrogens with one attached hydrogen (secondary N) is 1. The third-order valence-corrected chi connectivity index (χ3v) is 3.78. The first-order chi connectivity index (χ1) is 12.3. The number of nitrogens with zero attached hydrogens (tertiary/aromatic N) is 2. The highest BCUT2D eigenvalue weighted by Crippen LogP contribution is 2.20. The van der Waals surface area contributed by atoms with Crippen molar-refractivity contribution in [1.82, 2.24) is 10.1 Å². The molecule has 0 spiro atoms. The largest absolute Gasteiger partial charge is 0.356 e. The van der Waals surface area contributed by atoms with E-state index < -0.39 is 0 Å². The van der Waals surface area contributed by atoms with Gasteiger partial charge in [0.1, 0.15) is 5.69 Å². The van der Waals surface area contributed by atoms with Gasteiger partial charge in [0.2, 0.25) is 0 Å². The predicted octanol–water partition coefficient (Wildman–Crippen LogP) is 4.79. The predicted molar refractivity (Wildman–Crippen MR) is 98.1 cm³/mol. The van der Waals surface area contributed by atoms with Crippen molar-refractivity contribution in [2.45, 2.75) is 19.9 Å². The molecule has 2 aromatic carbocycles. The van der Waals surface area contributed by atoms with Gasteiger partial charge in [-0.15, -0.1) is 0 Å². The van der Waals surface area contributed by atoms with Crippen LogP contribution in [0.15, 0.2) is 71.3 Å². The van der Waals surface area contributed by atoms with E-state index in [2.05, 4.69) is 10.5 Å². The summed E-state index contributed by atoms with van der Waals surface area (Å²) in [6, 6.07) is 21.0. The number of carbonyl (C=O) groups excluding carboxylic acids is 1. The number of aromatic nitrogens is 1. The lowest BCUT2D eigenvalue weighted by atomic mass is 10.1. The highest BCUT2D eigenvalue weighted by atomic mass is 16.5. The van der Waals surface area contributed by atoms with Gasteiger partial charge in [-0.05, 0) is 18.6 Å². The third kappa shape index (κ3) is 4.47. The Morgan fingerprint density at radius 2 is 1.76 bits per heavy atom. The molecule has 2 amide bonds. The first kappa shape index (κ1) is 16.8. The summed E-state index contributed by atoms with van der Waals surface area (Å²) >= 11 is 0. The van der Waals surface area contributed by atoms with Crippen LogP contribution in [0.25, 0.3) is 11.3 Å². The zero-order chi connectivity index (χ0) is 17.5. The first-order valence-electron chi connectivity index (χ1n) is 8.38. The van der Waals surface area contributed by atoms with Crippen LogP contribution in [-0.4, -0.2) is 22.6 Å². The zero-order valence-electron chi connectivity index (χ0n) is 14.2. The quantitative estimate of drug-likeness (QED) is 0.705. The van der Waals surface area contributed by atoms with Gasteiger partial charge in [-0.1, -0.05) is 60.6 Å². The zero-order valence-corrected chi connectivity index (χ0v) is 14.2. The van der Waals surface area contributed by atoms with Gasteiger partial charge in [0.25, 0.3) is 0 Å². The lowest BCUT2D eigenvalue weighted by molar-refractivity contribution is 0.207. The number of benzene rings is 2. The van der Waals surface area contributed by atoms with Crippen LogP contribution in [0.5, 0.6) is 0 Å². The van der Waals surface area contributed by atoms with Gasteiger partial charge in [0.05, 0.1) is 6.54 Å². The van der Waals surface area contributed by atoms with Crippen LogP contribution in [0.3, 0.4) is 0 Å². The maximum Gasteiger partial charge on any atom is 0.322 e. The van der Waals surface area contributed by atoms with Crippen LogP contribution in [0.1, 0.15) is 19.0 Å². The van der Waals surface area contributed by atoms with Crippen molar-refractivity contribution < 1.29 is 9.32 Å². The van der Waals surface area contributed by atoms with Crippen molar-refractivity contribution in [1.29, 1.82) is 0 Å². The number of hydrogen-bond donors (Lipinski definition) is 1. The maximum atomic E-state index is 12.5. The molecule has 1 N–H and O–H groups in total. The van der Waals surface area contributed by atoms with Crippen LogP contribution in [-0.2, 0) is 6.54 Å². The van der Waals surface area contributed by atoms with Crippen molar-refractivity contribution in [3.8, 4) is 11.3 Å². The molecule has 0 aliphatic heterocycles. The number of rotatable bonds is 6. The van der Waals surface area contributed by atoms with Gasteiger partial charge < -0.3 is 14.7 Å². The van der Waals surface area contributed by atoms with Gasteiger partial charge in [-0.25, -0.2) is 4.79 Å². The molecule has 0 saturated heterocycles. The van der Waals surface area contributed by atoms with Gasteiger partial charge in [0, 0.05) is 23.9 Å². The van der Waals surface area contributed by atoms with Crippen molar-refractivity contribution in [2.24, 2.45) is 0 Å². The summed E-state index contributed by atoms with van der Waals surface area (Å²) in [7, 11) is 0. The number of para-hydroxylation sites is 1. The Bertz CT molecular complexity index is 800. The summed E-state index contributed by atoms with van der Waals surface area (Å²) in [5, 5.41) is 7.02. The Morgan fingerprint density at radius 3 is 2.44 bits per heavy atom. The minimum atomic E-state index is -0.141. The Labute approximate surface area is 147 Å². The monoisotopic (exact) mass is 335 g/mol. The smallest absolute Gasteiger partial charge is 0.322 e. The molecule has 0 fully saturated rings. The number of hydrogen-bond acceptors (Lipinski definition) is 3. The van der Waals surface area contributed by atoms with E-state index in [0.29, 0.717) is 18.8 Å². The second-order valence-electron chi connectivity index (χ2n) is 5.77. The summed E-state index contributed by atoms with van der Waals surface area (Å²) in [4.78, 5) is 14.3. The Hall–Kier alpha value is -3.08. The summed E-state index contributed by atoms with van der Waals surface area (Å²) in [5.74, 6) is 0.704. The van der Waals surface area contributed by atoms with Crippen molar-refractivity contribution in [3.63, 3.8) is 0 Å². The van der Waals surface area contributed by atoms with Crippen LogP contribution >= 0.6 is 0 Å². The van der Waals surface area contributed by atoms with E-state index in [1.54, 1.807) is 4.90 Å². The fourth-order valence-corrected chi connectivity index (χ4v) is 2.57. The molecule has 0 radical (unpaired) electrons. The van der Waals surface area contributed by atoms with Gasteiger partial charge in [0.15, 0.2) is 5.76 Å². The molecule has 25 heavy (non-hydrogen) atoms. The number of urea groups is 1. The highest BCUT2D eigenvalue weighted by molar-refractivity contribution is 5.89. The van der Waals surface area contributed by atoms with Gasteiger partial charge >= 0.3 is 6.03 Å². The second kappa shape index (κ2) is 8.15. The van der Waals surface area contributed by atoms with E-state index >= 15 is 0 Å². The van der Waals surface area contributed by atoms with Crippen molar-refractivity contribution in [2.75, 3.05) is 11.9 Å². The van der Waals surface area contributed by atoms with E-state index in [4.69, 9.17) is 4.52 Å². The molecule has 128 valence electrons. The normalized spacial score (nSPS) is 10.4. The molecule has 5 heteroatoms. The summed E-state index contributed by atoms with van der Waals surface area (Å²) in [6.45, 7) is 3.09. The molecule has 0 aliphatic carbocycles. The Kier molecular flexibility index (Phi) is 5.46. The van der Waals surface area contributed by atoms with Crippen LogP contribution in [0.2, 0.25) is 0 Å². The molecule has 3 rings (SSSR count). The third-order valence-electron chi connectivity index (χ3n) is 3.78. The average Bonchev–Trinajstić information content (AvgIpc) is 3.11. The topological polar surface area (TPSA) is 58.4 Å². The molecule has 0 aliphatic rings. The Balaban J connectivity index is 1.69. The molecule has 1 heterocycles. The van der Waals surface area contributed by atoms with Gasteiger partial charge in [-0.3, -0.25) is 0 Å². The minimum absolute atomic E-state index is 0.141.